The maximum atomic E-state index is 10.2. The van der Waals surface area contributed by atoms with Crippen LogP contribution < -0.4 is 0 Å². The van der Waals surface area contributed by atoms with Gasteiger partial charge in [0.05, 0.1) is 0 Å². The highest BCUT2D eigenvalue weighted by atomic mass is 35.5. The van der Waals surface area contributed by atoms with E-state index in [0.29, 0.717) is 10.6 Å². The van der Waals surface area contributed by atoms with Gasteiger partial charge in [-0.1, -0.05) is 17.7 Å². The van der Waals surface area contributed by atoms with E-state index in [-0.39, 0.29) is 5.75 Å². The molecule has 2 rings (SSSR count). The lowest BCUT2D eigenvalue weighted by molar-refractivity contribution is 0.459. The minimum absolute atomic E-state index is 0.0917. The number of nitrogens with zero attached hydrogens (tertiary/aromatic N) is 1. The van der Waals surface area contributed by atoms with E-state index in [1.807, 2.05) is 0 Å². The van der Waals surface area contributed by atoms with Crippen LogP contribution in [-0.2, 0) is 10.3 Å². The molecule has 0 atom stereocenters. The second-order valence-electron chi connectivity index (χ2n) is 3.40. The molecule has 1 saturated carbocycles. The van der Waals surface area contributed by atoms with Gasteiger partial charge in [0.25, 0.3) is 0 Å². The van der Waals surface area contributed by atoms with Crippen molar-refractivity contribution in [3.05, 3.63) is 28.8 Å². The fraction of sp³-hybridized carbons (Fsp3) is 0.300. The Morgan fingerprint density at radius 1 is 1.50 bits per heavy atom. The van der Waals surface area contributed by atoms with Crippen LogP contribution in [0.3, 0.4) is 0 Å². The van der Waals surface area contributed by atoms with Crippen LogP contribution in [0.25, 0.3) is 0 Å². The molecule has 1 aliphatic carbocycles. The average Bonchev–Trinajstić information content (AvgIpc) is 2.86. The van der Waals surface area contributed by atoms with Crippen LogP contribution in [-0.4, -0.2) is 11.2 Å². The lowest BCUT2D eigenvalue weighted by Gasteiger charge is -2.09. The third-order valence-electron chi connectivity index (χ3n) is 2.44. The van der Waals surface area contributed by atoms with E-state index < -0.39 is 5.54 Å². The Morgan fingerprint density at radius 3 is 2.71 bits per heavy atom. The molecule has 0 unspecified atom stereocenters. The smallest absolute Gasteiger partial charge is 0.235 e. The topological polar surface area (TPSA) is 49.7 Å². The van der Waals surface area contributed by atoms with Crippen LogP contribution in [0.1, 0.15) is 18.4 Å². The summed E-state index contributed by atoms with van der Waals surface area (Å²) in [6.45, 7) is 0. The first-order valence-electron chi connectivity index (χ1n) is 4.26. The molecule has 1 aromatic carbocycles. The molecule has 0 radical (unpaired) electrons. The highest BCUT2D eigenvalue weighted by molar-refractivity contribution is 6.30. The molecule has 0 spiro atoms. The zero-order chi connectivity index (χ0) is 10.2. The third kappa shape index (κ3) is 1.41. The number of phenolic OH excluding ortho intramolecular Hbond substituents is 1. The molecule has 1 fully saturated rings. The number of hydrogen-bond donors (Lipinski definition) is 1. The van der Waals surface area contributed by atoms with Crippen molar-refractivity contribution in [2.24, 2.45) is 4.99 Å². The quantitative estimate of drug-likeness (QED) is 0.601. The molecule has 0 saturated heterocycles. The molecule has 1 N–H and O–H groups in total. The summed E-state index contributed by atoms with van der Waals surface area (Å²) in [5.74, 6) is 0.0917. The molecule has 3 nitrogen and oxygen atoms in total. The summed E-state index contributed by atoms with van der Waals surface area (Å²) in [4.78, 5) is 13.9. The lowest BCUT2D eigenvalue weighted by atomic mass is 10.0. The number of phenols is 1. The first-order chi connectivity index (χ1) is 6.68. The van der Waals surface area contributed by atoms with Gasteiger partial charge in [-0.15, -0.1) is 0 Å². The third-order valence-corrected chi connectivity index (χ3v) is 2.68. The van der Waals surface area contributed by atoms with Crippen LogP contribution in [0.5, 0.6) is 5.75 Å². The van der Waals surface area contributed by atoms with Crippen molar-refractivity contribution in [3.8, 4) is 5.75 Å². The monoisotopic (exact) mass is 209 g/mol. The van der Waals surface area contributed by atoms with Crippen molar-refractivity contribution in [3.63, 3.8) is 0 Å². The number of aliphatic imine (C=N–C) groups is 1. The van der Waals surface area contributed by atoms with Crippen LogP contribution in [0.4, 0.5) is 0 Å². The van der Waals surface area contributed by atoms with E-state index in [9.17, 15) is 9.90 Å². The molecular formula is C10H8ClNO2. The summed E-state index contributed by atoms with van der Waals surface area (Å²) in [5, 5.41) is 10.1. The van der Waals surface area contributed by atoms with E-state index >= 15 is 0 Å². The summed E-state index contributed by atoms with van der Waals surface area (Å²) < 4.78 is 0. The van der Waals surface area contributed by atoms with E-state index in [0.717, 1.165) is 12.8 Å². The van der Waals surface area contributed by atoms with Gasteiger partial charge in [0.1, 0.15) is 11.3 Å². The largest absolute Gasteiger partial charge is 0.508 e. The van der Waals surface area contributed by atoms with Crippen LogP contribution in [0.15, 0.2) is 23.2 Å². The van der Waals surface area contributed by atoms with Gasteiger partial charge in [-0.25, -0.2) is 4.79 Å². The van der Waals surface area contributed by atoms with Crippen molar-refractivity contribution in [1.29, 1.82) is 0 Å². The van der Waals surface area contributed by atoms with Gasteiger partial charge in [-0.2, -0.15) is 4.99 Å². The maximum Gasteiger partial charge on any atom is 0.235 e. The van der Waals surface area contributed by atoms with Gasteiger partial charge in [0, 0.05) is 10.6 Å². The molecule has 14 heavy (non-hydrogen) atoms. The summed E-state index contributed by atoms with van der Waals surface area (Å²) >= 11 is 5.70. The molecule has 0 bridgehead atoms. The molecule has 0 aliphatic heterocycles. The molecule has 4 heteroatoms. The molecule has 0 aromatic heterocycles. The number of halogens is 1. The number of isocyanates is 1. The SMILES string of the molecule is O=C=NC1(c2ccc(Cl)cc2O)CC1. The standard InChI is InChI=1S/C10H8ClNO2/c11-7-1-2-8(9(14)5-7)10(3-4-10)12-6-13/h1-2,5,14H,3-4H2. The van der Waals surface area contributed by atoms with Gasteiger partial charge < -0.3 is 5.11 Å². The van der Waals surface area contributed by atoms with Crippen LogP contribution in [0.2, 0.25) is 5.02 Å². The highest BCUT2D eigenvalue weighted by Crippen LogP contribution is 2.52. The Kier molecular flexibility index (Phi) is 2.06. The Hall–Kier alpha value is -1.31. The van der Waals surface area contributed by atoms with Crippen molar-refractivity contribution >= 4 is 17.7 Å². The van der Waals surface area contributed by atoms with Crippen molar-refractivity contribution in [2.45, 2.75) is 18.4 Å². The molecule has 1 aromatic rings. The Balaban J connectivity index is 2.47. The van der Waals surface area contributed by atoms with Gasteiger partial charge in [0.15, 0.2) is 0 Å². The number of rotatable bonds is 2. The Labute approximate surface area is 86.0 Å². The van der Waals surface area contributed by atoms with Crippen molar-refractivity contribution < 1.29 is 9.90 Å². The first kappa shape index (κ1) is 9.25. The van der Waals surface area contributed by atoms with Crippen molar-refractivity contribution in [2.75, 3.05) is 0 Å². The van der Waals surface area contributed by atoms with Crippen LogP contribution >= 0.6 is 11.6 Å². The van der Waals surface area contributed by atoms with E-state index in [4.69, 9.17) is 11.6 Å². The summed E-state index contributed by atoms with van der Waals surface area (Å²) in [6.07, 6.45) is 3.09. The molecule has 0 amide bonds. The fourth-order valence-electron chi connectivity index (χ4n) is 1.55. The molecule has 0 heterocycles. The second kappa shape index (κ2) is 3.12. The van der Waals surface area contributed by atoms with E-state index in [1.165, 1.54) is 6.07 Å². The maximum absolute atomic E-state index is 10.2. The zero-order valence-corrected chi connectivity index (χ0v) is 8.08. The number of hydrogen-bond acceptors (Lipinski definition) is 3. The molecule has 1 aliphatic rings. The van der Waals surface area contributed by atoms with E-state index in [1.54, 1.807) is 18.2 Å². The molecular weight excluding hydrogens is 202 g/mol. The summed E-state index contributed by atoms with van der Waals surface area (Å²) in [6, 6.07) is 4.83. The number of benzene rings is 1. The number of carbonyl (C=O) groups excluding carboxylic acids is 1. The normalized spacial score (nSPS) is 17.2. The van der Waals surface area contributed by atoms with Crippen LogP contribution in [0, 0.1) is 0 Å². The van der Waals surface area contributed by atoms with Gasteiger partial charge >= 0.3 is 0 Å². The Morgan fingerprint density at radius 2 is 2.21 bits per heavy atom. The highest BCUT2D eigenvalue weighted by Gasteiger charge is 2.46. The molecule has 72 valence electrons. The predicted octanol–water partition coefficient (Wildman–Crippen LogP) is 2.37. The fourth-order valence-corrected chi connectivity index (χ4v) is 1.71. The predicted molar refractivity (Wildman–Crippen MR) is 52.2 cm³/mol. The minimum atomic E-state index is -0.531. The summed E-state index contributed by atoms with van der Waals surface area (Å²) in [5.41, 5.74) is 0.126. The Bertz CT molecular complexity index is 420. The van der Waals surface area contributed by atoms with Crippen molar-refractivity contribution in [1.82, 2.24) is 0 Å². The second-order valence-corrected chi connectivity index (χ2v) is 3.83. The number of aromatic hydroxyl groups is 1. The first-order valence-corrected chi connectivity index (χ1v) is 4.64. The summed E-state index contributed by atoms with van der Waals surface area (Å²) in [7, 11) is 0. The lowest BCUT2D eigenvalue weighted by Crippen LogP contribution is -2.02. The minimum Gasteiger partial charge on any atom is -0.508 e. The van der Waals surface area contributed by atoms with Gasteiger partial charge in [-0.05, 0) is 25.0 Å². The van der Waals surface area contributed by atoms with Gasteiger partial charge in [0.2, 0.25) is 6.08 Å². The average molecular weight is 210 g/mol. The van der Waals surface area contributed by atoms with E-state index in [2.05, 4.69) is 4.99 Å². The zero-order valence-electron chi connectivity index (χ0n) is 7.33. The van der Waals surface area contributed by atoms with Gasteiger partial charge in [-0.3, -0.25) is 0 Å².